The first-order valence-corrected chi connectivity index (χ1v) is 9.25. The normalized spacial score (nSPS) is 18.8. The molecule has 126 valence electrons. The molecular weight excluding hydrogens is 296 g/mol. The van der Waals surface area contributed by atoms with E-state index in [1.807, 2.05) is 16.7 Å². The predicted molar refractivity (Wildman–Crippen MR) is 99.6 cm³/mol. The maximum atomic E-state index is 12.9. The van der Waals surface area contributed by atoms with Crippen molar-refractivity contribution in [3.63, 3.8) is 0 Å². The highest BCUT2D eigenvalue weighted by atomic mass is 16.1. The van der Waals surface area contributed by atoms with Crippen LogP contribution >= 0.6 is 0 Å². The quantitative estimate of drug-likeness (QED) is 0.806. The molecule has 1 aliphatic carbocycles. The van der Waals surface area contributed by atoms with Crippen LogP contribution in [0.3, 0.4) is 0 Å². The minimum absolute atomic E-state index is 0.179. The fourth-order valence-corrected chi connectivity index (χ4v) is 4.32. The highest BCUT2D eigenvalue weighted by molar-refractivity contribution is 5.88. The zero-order valence-corrected chi connectivity index (χ0v) is 14.3. The van der Waals surface area contributed by atoms with Crippen molar-refractivity contribution >= 4 is 10.8 Å². The fraction of sp³-hybridized carbons (Fsp3) is 0.476. The summed E-state index contributed by atoms with van der Waals surface area (Å²) in [4.78, 5) is 15.4. The second-order valence-electron chi connectivity index (χ2n) is 7.26. The molecule has 1 saturated heterocycles. The summed E-state index contributed by atoms with van der Waals surface area (Å²) in [5.74, 6) is 0.674. The summed E-state index contributed by atoms with van der Waals surface area (Å²) >= 11 is 0. The van der Waals surface area contributed by atoms with Gasteiger partial charge in [-0.1, -0.05) is 18.2 Å². The highest BCUT2D eigenvalue weighted by Gasteiger charge is 2.18. The van der Waals surface area contributed by atoms with Gasteiger partial charge in [0.1, 0.15) is 0 Å². The van der Waals surface area contributed by atoms with E-state index in [0.717, 1.165) is 44.4 Å². The number of aryl methyl sites for hydroxylation is 2. The summed E-state index contributed by atoms with van der Waals surface area (Å²) in [5.41, 5.74) is 2.89. The average Bonchev–Trinajstić information content (AvgIpc) is 2.64. The van der Waals surface area contributed by atoms with Crippen LogP contribution in [0.4, 0.5) is 0 Å². The largest absolute Gasteiger partial charge is 0.313 e. The van der Waals surface area contributed by atoms with Crippen LogP contribution in [0.1, 0.15) is 30.4 Å². The lowest BCUT2D eigenvalue weighted by Gasteiger charge is -2.30. The summed E-state index contributed by atoms with van der Waals surface area (Å²) in [6.07, 6.45) is 10.0. The molecule has 0 radical (unpaired) electrons. The second-order valence-corrected chi connectivity index (χ2v) is 7.26. The van der Waals surface area contributed by atoms with Crippen molar-refractivity contribution < 1.29 is 0 Å². The first-order chi connectivity index (χ1) is 11.8. The van der Waals surface area contributed by atoms with Crippen molar-refractivity contribution in [2.24, 2.45) is 5.92 Å². The van der Waals surface area contributed by atoms with Crippen molar-refractivity contribution in [2.45, 2.75) is 38.6 Å². The van der Waals surface area contributed by atoms with Gasteiger partial charge in [-0.3, -0.25) is 4.79 Å². The number of aromatic nitrogens is 1. The lowest BCUT2D eigenvalue weighted by molar-refractivity contribution is 0.196. The number of nitrogens with zero attached hydrogens (tertiary/aromatic N) is 2. The van der Waals surface area contributed by atoms with Gasteiger partial charge in [0, 0.05) is 24.7 Å². The lowest BCUT2D eigenvalue weighted by Crippen LogP contribution is -2.37. The SMILES string of the molecule is C=CC1CCN(CCn2cc3c4c(cccc4c2=O)CCC3)CC1. The van der Waals surface area contributed by atoms with Gasteiger partial charge in [0.15, 0.2) is 0 Å². The van der Waals surface area contributed by atoms with E-state index in [2.05, 4.69) is 29.8 Å². The molecule has 1 fully saturated rings. The molecule has 2 heterocycles. The van der Waals surface area contributed by atoms with Gasteiger partial charge in [-0.2, -0.15) is 0 Å². The number of rotatable bonds is 4. The molecule has 1 aromatic heterocycles. The number of hydrogen-bond donors (Lipinski definition) is 0. The maximum absolute atomic E-state index is 12.9. The van der Waals surface area contributed by atoms with E-state index in [0.29, 0.717) is 5.92 Å². The van der Waals surface area contributed by atoms with E-state index in [4.69, 9.17) is 0 Å². The van der Waals surface area contributed by atoms with Crippen LogP contribution in [0.25, 0.3) is 10.8 Å². The van der Waals surface area contributed by atoms with Crippen molar-refractivity contribution in [3.8, 4) is 0 Å². The Morgan fingerprint density at radius 1 is 1.12 bits per heavy atom. The number of likely N-dealkylation sites (tertiary alicyclic amines) is 1. The molecule has 1 aliphatic heterocycles. The number of piperidine rings is 1. The molecule has 4 rings (SSSR count). The number of hydrogen-bond acceptors (Lipinski definition) is 2. The standard InChI is InChI=1S/C21H26N2O/c1-2-16-9-11-22(12-10-16)13-14-23-15-18-7-3-5-17-6-4-8-19(20(17)18)21(23)24/h2,4,6,8,15-16H,1,3,5,7,9-14H2. The molecule has 2 aromatic rings. The first kappa shape index (κ1) is 15.6. The van der Waals surface area contributed by atoms with Crippen LogP contribution in [-0.2, 0) is 19.4 Å². The van der Waals surface area contributed by atoms with Crippen molar-refractivity contribution in [1.82, 2.24) is 9.47 Å². The molecule has 0 amide bonds. The Morgan fingerprint density at radius 3 is 2.71 bits per heavy atom. The Morgan fingerprint density at radius 2 is 1.92 bits per heavy atom. The molecule has 2 aliphatic rings. The van der Waals surface area contributed by atoms with Crippen molar-refractivity contribution in [1.29, 1.82) is 0 Å². The van der Waals surface area contributed by atoms with Gasteiger partial charge < -0.3 is 9.47 Å². The average molecular weight is 322 g/mol. The summed E-state index contributed by atoms with van der Waals surface area (Å²) in [5, 5.41) is 2.15. The van der Waals surface area contributed by atoms with Crippen LogP contribution in [0.5, 0.6) is 0 Å². The number of allylic oxidation sites excluding steroid dienone is 1. The molecule has 0 bridgehead atoms. The Labute approximate surface area is 143 Å². The van der Waals surface area contributed by atoms with Gasteiger partial charge in [0.2, 0.25) is 0 Å². The van der Waals surface area contributed by atoms with E-state index in [1.165, 1.54) is 35.8 Å². The summed E-state index contributed by atoms with van der Waals surface area (Å²) in [7, 11) is 0. The van der Waals surface area contributed by atoms with Gasteiger partial charge in [0.25, 0.3) is 5.56 Å². The van der Waals surface area contributed by atoms with Gasteiger partial charge in [-0.15, -0.1) is 6.58 Å². The Bertz CT molecular complexity index is 812. The molecule has 3 heteroatoms. The van der Waals surface area contributed by atoms with Crippen LogP contribution < -0.4 is 5.56 Å². The Balaban J connectivity index is 1.56. The zero-order valence-electron chi connectivity index (χ0n) is 14.3. The van der Waals surface area contributed by atoms with Gasteiger partial charge in [-0.25, -0.2) is 0 Å². The highest BCUT2D eigenvalue weighted by Crippen LogP contribution is 2.27. The van der Waals surface area contributed by atoms with E-state index in [9.17, 15) is 4.79 Å². The summed E-state index contributed by atoms with van der Waals surface area (Å²) in [6.45, 7) is 7.92. The Hall–Kier alpha value is -1.87. The fourth-order valence-electron chi connectivity index (χ4n) is 4.32. The third-order valence-electron chi connectivity index (χ3n) is 5.79. The molecular formula is C21H26N2O. The molecule has 0 N–H and O–H groups in total. The molecule has 24 heavy (non-hydrogen) atoms. The molecule has 1 aromatic carbocycles. The molecule has 0 atom stereocenters. The lowest BCUT2D eigenvalue weighted by atomic mass is 9.90. The van der Waals surface area contributed by atoms with E-state index in [1.54, 1.807) is 0 Å². The molecule has 0 spiro atoms. The third-order valence-corrected chi connectivity index (χ3v) is 5.79. The van der Waals surface area contributed by atoms with Crippen molar-refractivity contribution in [2.75, 3.05) is 19.6 Å². The minimum atomic E-state index is 0.179. The molecule has 0 unspecified atom stereocenters. The minimum Gasteiger partial charge on any atom is -0.313 e. The van der Waals surface area contributed by atoms with E-state index < -0.39 is 0 Å². The summed E-state index contributed by atoms with van der Waals surface area (Å²) < 4.78 is 1.95. The molecule has 0 saturated carbocycles. The predicted octanol–water partition coefficient (Wildman–Crippen LogP) is 3.39. The van der Waals surface area contributed by atoms with Gasteiger partial charge in [0.05, 0.1) is 0 Å². The van der Waals surface area contributed by atoms with E-state index >= 15 is 0 Å². The topological polar surface area (TPSA) is 25.2 Å². The van der Waals surface area contributed by atoms with Gasteiger partial charge in [-0.05, 0) is 73.7 Å². The van der Waals surface area contributed by atoms with Crippen LogP contribution in [0.15, 0.2) is 41.8 Å². The van der Waals surface area contributed by atoms with Gasteiger partial charge >= 0.3 is 0 Å². The monoisotopic (exact) mass is 322 g/mol. The number of pyridine rings is 1. The van der Waals surface area contributed by atoms with E-state index in [-0.39, 0.29) is 5.56 Å². The Kier molecular flexibility index (Phi) is 4.28. The molecule has 3 nitrogen and oxygen atoms in total. The maximum Gasteiger partial charge on any atom is 0.258 e. The third kappa shape index (κ3) is 2.82. The van der Waals surface area contributed by atoms with Crippen molar-refractivity contribution in [3.05, 3.63) is 58.5 Å². The van der Waals surface area contributed by atoms with Crippen LogP contribution in [-0.4, -0.2) is 29.1 Å². The first-order valence-electron chi connectivity index (χ1n) is 9.25. The zero-order chi connectivity index (χ0) is 16.5. The summed E-state index contributed by atoms with van der Waals surface area (Å²) in [6, 6.07) is 6.22. The second kappa shape index (κ2) is 6.56. The van der Waals surface area contributed by atoms with Crippen LogP contribution in [0, 0.1) is 5.92 Å². The smallest absolute Gasteiger partial charge is 0.258 e. The number of benzene rings is 1. The van der Waals surface area contributed by atoms with Crippen LogP contribution in [0.2, 0.25) is 0 Å².